The van der Waals surface area contributed by atoms with Gasteiger partial charge >= 0.3 is 0 Å². The first-order valence-electron chi connectivity index (χ1n) is 7.74. The van der Waals surface area contributed by atoms with Gasteiger partial charge in [0.2, 0.25) is 0 Å². The first kappa shape index (κ1) is 16.4. The average Bonchev–Trinajstić information content (AvgIpc) is 3.07. The highest BCUT2D eigenvalue weighted by molar-refractivity contribution is 7.09. The summed E-state index contributed by atoms with van der Waals surface area (Å²) in [7, 11) is 1.55. The van der Waals surface area contributed by atoms with Crippen LogP contribution in [0, 0.1) is 6.92 Å². The fourth-order valence-electron chi connectivity index (χ4n) is 2.73. The number of amides is 2. The lowest BCUT2D eigenvalue weighted by atomic mass is 10.1. The van der Waals surface area contributed by atoms with Crippen molar-refractivity contribution in [2.45, 2.75) is 6.92 Å². The normalized spacial score (nSPS) is 14.6. The number of hydrogen-bond donors (Lipinski definition) is 0. The number of piperazine rings is 1. The minimum Gasteiger partial charge on any atom is -0.496 e. The molecular formula is C17H19N3O3S. The first-order chi connectivity index (χ1) is 11.6. The summed E-state index contributed by atoms with van der Waals surface area (Å²) in [6, 6.07) is 7.19. The zero-order valence-corrected chi connectivity index (χ0v) is 14.5. The van der Waals surface area contributed by atoms with E-state index >= 15 is 0 Å². The molecule has 3 rings (SSSR count). The topological polar surface area (TPSA) is 62.7 Å². The van der Waals surface area contributed by atoms with E-state index in [-0.39, 0.29) is 11.8 Å². The zero-order chi connectivity index (χ0) is 17.1. The van der Waals surface area contributed by atoms with Crippen LogP contribution >= 0.6 is 11.3 Å². The van der Waals surface area contributed by atoms with Crippen LogP contribution in [0.5, 0.6) is 5.75 Å². The van der Waals surface area contributed by atoms with E-state index in [4.69, 9.17) is 4.74 Å². The number of methoxy groups -OCH3 is 1. The van der Waals surface area contributed by atoms with E-state index in [2.05, 4.69) is 4.98 Å². The number of aryl methyl sites for hydroxylation is 1. The smallest absolute Gasteiger partial charge is 0.273 e. The lowest BCUT2D eigenvalue weighted by Crippen LogP contribution is -2.50. The second-order valence-corrected chi connectivity index (χ2v) is 6.60. The molecule has 2 amide bonds. The Morgan fingerprint density at radius 1 is 1.08 bits per heavy atom. The molecular weight excluding hydrogens is 326 g/mol. The van der Waals surface area contributed by atoms with Crippen LogP contribution in [0.25, 0.3) is 0 Å². The van der Waals surface area contributed by atoms with Gasteiger partial charge in [-0.3, -0.25) is 9.59 Å². The van der Waals surface area contributed by atoms with Gasteiger partial charge in [0.05, 0.1) is 17.7 Å². The minimum absolute atomic E-state index is 0.0657. The average molecular weight is 345 g/mol. The molecule has 0 N–H and O–H groups in total. The molecule has 2 heterocycles. The van der Waals surface area contributed by atoms with E-state index in [1.54, 1.807) is 34.4 Å². The van der Waals surface area contributed by atoms with Crippen LogP contribution in [-0.2, 0) is 0 Å². The summed E-state index contributed by atoms with van der Waals surface area (Å²) in [6.07, 6.45) is 0. The molecule has 1 aromatic heterocycles. The number of ether oxygens (including phenoxy) is 1. The predicted molar refractivity (Wildman–Crippen MR) is 91.7 cm³/mol. The van der Waals surface area contributed by atoms with E-state index in [1.807, 2.05) is 19.1 Å². The third kappa shape index (κ3) is 3.26. The number of hydrogen-bond acceptors (Lipinski definition) is 5. The van der Waals surface area contributed by atoms with Gasteiger partial charge in [-0.2, -0.15) is 0 Å². The maximum atomic E-state index is 12.7. The molecule has 1 aliphatic heterocycles. The Balaban J connectivity index is 1.64. The summed E-state index contributed by atoms with van der Waals surface area (Å²) >= 11 is 1.47. The van der Waals surface area contributed by atoms with Crippen molar-refractivity contribution < 1.29 is 14.3 Å². The molecule has 0 spiro atoms. The monoisotopic (exact) mass is 345 g/mol. The van der Waals surface area contributed by atoms with Crippen LogP contribution in [0.2, 0.25) is 0 Å². The summed E-state index contributed by atoms with van der Waals surface area (Å²) < 4.78 is 5.26. The van der Waals surface area contributed by atoms with Crippen LogP contribution < -0.4 is 4.74 Å². The molecule has 1 fully saturated rings. The molecule has 0 radical (unpaired) electrons. The number of aromatic nitrogens is 1. The maximum absolute atomic E-state index is 12.7. The Morgan fingerprint density at radius 3 is 2.29 bits per heavy atom. The molecule has 0 aliphatic carbocycles. The Hall–Kier alpha value is -2.41. The lowest BCUT2D eigenvalue weighted by molar-refractivity contribution is 0.0531. The zero-order valence-electron chi connectivity index (χ0n) is 13.7. The van der Waals surface area contributed by atoms with Gasteiger partial charge in [-0.25, -0.2) is 4.98 Å². The highest BCUT2D eigenvalue weighted by Gasteiger charge is 2.27. The van der Waals surface area contributed by atoms with Crippen LogP contribution in [0.3, 0.4) is 0 Å². The van der Waals surface area contributed by atoms with Gasteiger partial charge in [0.1, 0.15) is 11.4 Å². The number of benzene rings is 1. The molecule has 1 saturated heterocycles. The van der Waals surface area contributed by atoms with Crippen molar-refractivity contribution in [2.75, 3.05) is 33.3 Å². The van der Waals surface area contributed by atoms with Crippen molar-refractivity contribution >= 4 is 23.2 Å². The van der Waals surface area contributed by atoms with Crippen molar-refractivity contribution in [3.63, 3.8) is 0 Å². The molecule has 1 aromatic carbocycles. The molecule has 6 nitrogen and oxygen atoms in total. The van der Waals surface area contributed by atoms with E-state index in [9.17, 15) is 9.59 Å². The van der Waals surface area contributed by atoms with Gasteiger partial charge < -0.3 is 14.5 Å². The quantitative estimate of drug-likeness (QED) is 0.854. The SMILES string of the molecule is COc1ccccc1C(=O)N1CCN(C(=O)c2csc(C)n2)CC1. The standard InChI is InChI=1S/C17H19N3O3S/c1-12-18-14(11-24-12)17(22)20-9-7-19(8-10-20)16(21)13-5-3-4-6-15(13)23-2/h3-6,11H,7-10H2,1-2H3. The Kier molecular flexibility index (Phi) is 4.80. The van der Waals surface area contributed by atoms with E-state index in [1.165, 1.54) is 11.3 Å². The second kappa shape index (κ2) is 7.00. The van der Waals surface area contributed by atoms with Crippen LogP contribution in [0.15, 0.2) is 29.6 Å². The Morgan fingerprint density at radius 2 is 1.71 bits per heavy atom. The Labute approximate surface area is 144 Å². The highest BCUT2D eigenvalue weighted by atomic mass is 32.1. The van der Waals surface area contributed by atoms with E-state index in [0.29, 0.717) is 43.2 Å². The summed E-state index contributed by atoms with van der Waals surface area (Å²) in [5.41, 5.74) is 1.04. The van der Waals surface area contributed by atoms with Gasteiger partial charge in [0.15, 0.2) is 0 Å². The number of thiazole rings is 1. The molecule has 24 heavy (non-hydrogen) atoms. The highest BCUT2D eigenvalue weighted by Crippen LogP contribution is 2.20. The van der Waals surface area contributed by atoms with Gasteiger partial charge in [-0.1, -0.05) is 12.1 Å². The third-order valence-electron chi connectivity index (χ3n) is 4.03. The van der Waals surface area contributed by atoms with Crippen molar-refractivity contribution in [1.29, 1.82) is 0 Å². The maximum Gasteiger partial charge on any atom is 0.273 e. The number of para-hydroxylation sites is 1. The van der Waals surface area contributed by atoms with Crippen LogP contribution in [0.4, 0.5) is 0 Å². The van der Waals surface area contributed by atoms with Crippen molar-refractivity contribution in [2.24, 2.45) is 0 Å². The number of carbonyl (C=O) groups is 2. The van der Waals surface area contributed by atoms with Crippen molar-refractivity contribution in [3.8, 4) is 5.75 Å². The van der Waals surface area contributed by atoms with E-state index < -0.39 is 0 Å². The lowest BCUT2D eigenvalue weighted by Gasteiger charge is -2.34. The van der Waals surface area contributed by atoms with Crippen LogP contribution in [0.1, 0.15) is 25.9 Å². The second-order valence-electron chi connectivity index (χ2n) is 5.54. The molecule has 1 aliphatic rings. The molecule has 126 valence electrons. The molecule has 0 unspecified atom stereocenters. The predicted octanol–water partition coefficient (Wildman–Crippen LogP) is 2.06. The van der Waals surface area contributed by atoms with Crippen molar-refractivity contribution in [1.82, 2.24) is 14.8 Å². The summed E-state index contributed by atoms with van der Waals surface area (Å²) in [5, 5.41) is 2.66. The van der Waals surface area contributed by atoms with Gasteiger partial charge in [0, 0.05) is 31.6 Å². The Bertz CT molecular complexity index is 751. The molecule has 0 saturated carbocycles. The molecule has 0 bridgehead atoms. The number of nitrogens with zero attached hydrogens (tertiary/aromatic N) is 3. The minimum atomic E-state index is -0.0660. The van der Waals surface area contributed by atoms with Gasteiger partial charge in [-0.15, -0.1) is 11.3 Å². The van der Waals surface area contributed by atoms with Gasteiger partial charge in [-0.05, 0) is 19.1 Å². The van der Waals surface area contributed by atoms with Gasteiger partial charge in [0.25, 0.3) is 11.8 Å². The fraction of sp³-hybridized carbons (Fsp3) is 0.353. The molecule has 2 aromatic rings. The van der Waals surface area contributed by atoms with E-state index in [0.717, 1.165) is 5.01 Å². The fourth-order valence-corrected chi connectivity index (χ4v) is 3.31. The number of rotatable bonds is 3. The molecule has 0 atom stereocenters. The third-order valence-corrected chi connectivity index (χ3v) is 4.80. The largest absolute Gasteiger partial charge is 0.496 e. The summed E-state index contributed by atoms with van der Waals surface area (Å²) in [4.78, 5) is 32.8. The molecule has 7 heteroatoms. The summed E-state index contributed by atoms with van der Waals surface area (Å²) in [6.45, 7) is 3.91. The first-order valence-corrected chi connectivity index (χ1v) is 8.62. The van der Waals surface area contributed by atoms with Crippen molar-refractivity contribution in [3.05, 3.63) is 45.9 Å². The number of carbonyl (C=O) groups excluding carboxylic acids is 2. The van der Waals surface area contributed by atoms with Crippen LogP contribution in [-0.4, -0.2) is 59.9 Å². The summed E-state index contributed by atoms with van der Waals surface area (Å²) in [5.74, 6) is 0.437.